The van der Waals surface area contributed by atoms with Gasteiger partial charge in [0.25, 0.3) is 5.91 Å². The zero-order chi connectivity index (χ0) is 12.4. The standard InChI is InChI=1S/C11H18N4OS/c1-15-6-7(12)10(14-15)11(16)13-8-4-3-5-9(8)17-2/h6,8-9H,3-5,12H2,1-2H3,(H,13,16). The van der Waals surface area contributed by atoms with Crippen LogP contribution in [-0.4, -0.2) is 33.2 Å². The Labute approximate surface area is 105 Å². The van der Waals surface area contributed by atoms with Crippen molar-refractivity contribution in [2.24, 2.45) is 7.05 Å². The maximum Gasteiger partial charge on any atom is 0.274 e. The SMILES string of the molecule is CSC1CCCC1NC(=O)c1nn(C)cc1N. The fourth-order valence-electron chi connectivity index (χ4n) is 2.29. The summed E-state index contributed by atoms with van der Waals surface area (Å²) >= 11 is 1.82. The van der Waals surface area contributed by atoms with Crippen LogP contribution in [0.2, 0.25) is 0 Å². The van der Waals surface area contributed by atoms with Crippen molar-refractivity contribution < 1.29 is 4.79 Å². The molecule has 1 amide bonds. The second-order valence-electron chi connectivity index (χ2n) is 4.39. The molecule has 94 valence electrons. The number of amides is 1. The topological polar surface area (TPSA) is 72.9 Å². The van der Waals surface area contributed by atoms with Crippen LogP contribution in [0.3, 0.4) is 0 Å². The number of aromatic nitrogens is 2. The number of carbonyl (C=O) groups excluding carboxylic acids is 1. The van der Waals surface area contributed by atoms with Gasteiger partial charge in [0.05, 0.1) is 5.69 Å². The highest BCUT2D eigenvalue weighted by atomic mass is 32.2. The molecule has 5 nitrogen and oxygen atoms in total. The summed E-state index contributed by atoms with van der Waals surface area (Å²) in [5.74, 6) is -0.158. The van der Waals surface area contributed by atoms with Crippen LogP contribution in [0, 0.1) is 0 Å². The molecular formula is C11H18N4OS. The van der Waals surface area contributed by atoms with E-state index in [1.807, 2.05) is 11.8 Å². The lowest BCUT2D eigenvalue weighted by molar-refractivity contribution is 0.0934. The Kier molecular flexibility index (Phi) is 3.61. The number of thioether (sulfide) groups is 1. The molecule has 0 bridgehead atoms. The van der Waals surface area contributed by atoms with Gasteiger partial charge in [-0.15, -0.1) is 0 Å². The van der Waals surface area contributed by atoms with E-state index in [1.54, 1.807) is 17.9 Å². The number of hydrogen-bond acceptors (Lipinski definition) is 4. The first-order valence-electron chi connectivity index (χ1n) is 5.74. The molecule has 1 aromatic rings. The van der Waals surface area contributed by atoms with Crippen molar-refractivity contribution in [2.75, 3.05) is 12.0 Å². The minimum Gasteiger partial charge on any atom is -0.396 e. The zero-order valence-electron chi connectivity index (χ0n) is 10.1. The predicted molar refractivity (Wildman–Crippen MR) is 70.0 cm³/mol. The number of carbonyl (C=O) groups is 1. The summed E-state index contributed by atoms with van der Waals surface area (Å²) in [5.41, 5.74) is 6.50. The fourth-order valence-corrected chi connectivity index (χ4v) is 3.23. The summed E-state index contributed by atoms with van der Waals surface area (Å²) < 4.78 is 1.56. The lowest BCUT2D eigenvalue weighted by Crippen LogP contribution is -2.39. The van der Waals surface area contributed by atoms with Crippen molar-refractivity contribution in [3.8, 4) is 0 Å². The molecule has 0 radical (unpaired) electrons. The van der Waals surface area contributed by atoms with E-state index >= 15 is 0 Å². The molecule has 2 rings (SSSR count). The smallest absolute Gasteiger partial charge is 0.274 e. The van der Waals surface area contributed by atoms with Gasteiger partial charge in [-0.3, -0.25) is 9.48 Å². The molecule has 0 saturated heterocycles. The van der Waals surface area contributed by atoms with Gasteiger partial charge in [0.1, 0.15) is 0 Å². The lowest BCUT2D eigenvalue weighted by Gasteiger charge is -2.18. The average molecular weight is 254 g/mol. The number of rotatable bonds is 3. The summed E-state index contributed by atoms with van der Waals surface area (Å²) in [6.07, 6.45) is 7.13. The van der Waals surface area contributed by atoms with Gasteiger partial charge in [-0.2, -0.15) is 16.9 Å². The highest BCUT2D eigenvalue weighted by Crippen LogP contribution is 2.28. The van der Waals surface area contributed by atoms with Crippen molar-refractivity contribution >= 4 is 23.4 Å². The molecule has 2 unspecified atom stereocenters. The second kappa shape index (κ2) is 5.00. The molecule has 1 fully saturated rings. The number of nitrogens with zero attached hydrogens (tertiary/aromatic N) is 2. The number of aryl methyl sites for hydroxylation is 1. The van der Waals surface area contributed by atoms with Crippen LogP contribution >= 0.6 is 11.8 Å². The van der Waals surface area contributed by atoms with E-state index < -0.39 is 0 Å². The largest absolute Gasteiger partial charge is 0.396 e. The first kappa shape index (κ1) is 12.3. The Balaban J connectivity index is 2.04. The highest BCUT2D eigenvalue weighted by molar-refractivity contribution is 7.99. The Morgan fingerprint density at radius 1 is 1.65 bits per heavy atom. The summed E-state index contributed by atoms with van der Waals surface area (Å²) in [5, 5.41) is 7.63. The predicted octanol–water partition coefficient (Wildman–Crippen LogP) is 1.02. The summed E-state index contributed by atoms with van der Waals surface area (Å²) in [6.45, 7) is 0. The maximum absolute atomic E-state index is 12.0. The Hall–Kier alpha value is -1.17. The van der Waals surface area contributed by atoms with E-state index in [0.29, 0.717) is 16.6 Å². The number of anilines is 1. The van der Waals surface area contributed by atoms with E-state index in [4.69, 9.17) is 5.73 Å². The zero-order valence-corrected chi connectivity index (χ0v) is 11.0. The lowest BCUT2D eigenvalue weighted by atomic mass is 10.2. The van der Waals surface area contributed by atoms with Gasteiger partial charge in [-0.25, -0.2) is 0 Å². The van der Waals surface area contributed by atoms with Crippen LogP contribution in [0.15, 0.2) is 6.20 Å². The third kappa shape index (κ3) is 2.57. The van der Waals surface area contributed by atoms with Crippen molar-refractivity contribution in [1.29, 1.82) is 0 Å². The van der Waals surface area contributed by atoms with E-state index in [1.165, 1.54) is 12.8 Å². The van der Waals surface area contributed by atoms with E-state index in [-0.39, 0.29) is 11.9 Å². The van der Waals surface area contributed by atoms with Crippen molar-refractivity contribution in [3.63, 3.8) is 0 Å². The number of hydrogen-bond donors (Lipinski definition) is 2. The van der Waals surface area contributed by atoms with Gasteiger partial charge in [0.2, 0.25) is 0 Å². The van der Waals surface area contributed by atoms with Crippen LogP contribution in [0.4, 0.5) is 5.69 Å². The molecule has 1 aromatic heterocycles. The molecule has 0 aliphatic heterocycles. The summed E-state index contributed by atoms with van der Waals surface area (Å²) in [6, 6.07) is 0.249. The van der Waals surface area contributed by atoms with E-state index in [0.717, 1.165) is 6.42 Å². The average Bonchev–Trinajstić information content (AvgIpc) is 2.84. The van der Waals surface area contributed by atoms with Gasteiger partial charge in [-0.1, -0.05) is 6.42 Å². The molecule has 1 saturated carbocycles. The molecule has 0 spiro atoms. The molecule has 0 aromatic carbocycles. The minimum absolute atomic E-state index is 0.158. The van der Waals surface area contributed by atoms with Crippen LogP contribution < -0.4 is 11.1 Å². The van der Waals surface area contributed by atoms with Gasteiger partial charge in [-0.05, 0) is 19.1 Å². The number of nitrogens with one attached hydrogen (secondary N) is 1. The van der Waals surface area contributed by atoms with Gasteiger partial charge in [0, 0.05) is 24.5 Å². The third-order valence-corrected chi connectivity index (χ3v) is 4.31. The van der Waals surface area contributed by atoms with Crippen LogP contribution in [0.1, 0.15) is 29.8 Å². The number of nitrogens with two attached hydrogens (primary N) is 1. The first-order valence-corrected chi connectivity index (χ1v) is 7.03. The highest BCUT2D eigenvalue weighted by Gasteiger charge is 2.29. The van der Waals surface area contributed by atoms with Crippen molar-refractivity contribution in [2.45, 2.75) is 30.6 Å². The third-order valence-electron chi connectivity index (χ3n) is 3.14. The molecule has 1 aliphatic carbocycles. The van der Waals surface area contributed by atoms with Crippen LogP contribution in [0.25, 0.3) is 0 Å². The molecule has 2 atom stereocenters. The van der Waals surface area contributed by atoms with E-state index in [2.05, 4.69) is 16.7 Å². The fraction of sp³-hybridized carbons (Fsp3) is 0.636. The molecule has 1 heterocycles. The quantitative estimate of drug-likeness (QED) is 0.844. The molecule has 3 N–H and O–H groups in total. The van der Waals surface area contributed by atoms with Crippen LogP contribution in [0.5, 0.6) is 0 Å². The van der Waals surface area contributed by atoms with Gasteiger partial charge >= 0.3 is 0 Å². The van der Waals surface area contributed by atoms with Crippen molar-refractivity contribution in [1.82, 2.24) is 15.1 Å². The van der Waals surface area contributed by atoms with Gasteiger partial charge in [0.15, 0.2) is 5.69 Å². The second-order valence-corrected chi connectivity index (χ2v) is 5.47. The van der Waals surface area contributed by atoms with Crippen molar-refractivity contribution in [3.05, 3.63) is 11.9 Å². The summed E-state index contributed by atoms with van der Waals surface area (Å²) in [7, 11) is 1.76. The molecular weight excluding hydrogens is 236 g/mol. The summed E-state index contributed by atoms with van der Waals surface area (Å²) in [4.78, 5) is 12.0. The molecule has 6 heteroatoms. The monoisotopic (exact) mass is 254 g/mol. The Morgan fingerprint density at radius 3 is 3.00 bits per heavy atom. The van der Waals surface area contributed by atoms with E-state index in [9.17, 15) is 4.79 Å². The number of nitrogen functional groups attached to an aromatic ring is 1. The Morgan fingerprint density at radius 2 is 2.41 bits per heavy atom. The maximum atomic E-state index is 12.0. The van der Waals surface area contributed by atoms with Gasteiger partial charge < -0.3 is 11.1 Å². The molecule has 17 heavy (non-hydrogen) atoms. The minimum atomic E-state index is -0.158. The van der Waals surface area contributed by atoms with Crippen LogP contribution in [-0.2, 0) is 7.05 Å². The normalized spacial score (nSPS) is 23.9. The Bertz CT molecular complexity index is 418. The molecule has 1 aliphatic rings. The first-order chi connectivity index (χ1) is 8.11.